The number of nitrogens with one attached hydrogen (secondary N) is 1. The highest BCUT2D eigenvalue weighted by Gasteiger charge is 2.12. The lowest BCUT2D eigenvalue weighted by Gasteiger charge is -2.26. The number of carbonyl (C=O) groups excluding carboxylic acids is 1. The molecule has 25 heavy (non-hydrogen) atoms. The number of rotatable bonds is 4. The fourth-order valence-electron chi connectivity index (χ4n) is 3.40. The zero-order valence-corrected chi connectivity index (χ0v) is 15.0. The maximum Gasteiger partial charge on any atom is 0.271 e. The Hall–Kier alpha value is -1.72. The van der Waals surface area contributed by atoms with Crippen LogP contribution in [0.1, 0.15) is 60.9 Å². The summed E-state index contributed by atoms with van der Waals surface area (Å²) in [4.78, 5) is 14.7. The fourth-order valence-corrected chi connectivity index (χ4v) is 3.40. The van der Waals surface area contributed by atoms with E-state index in [1.165, 1.54) is 37.7 Å². The highest BCUT2D eigenvalue weighted by atomic mass is 16.5. The molecule has 5 nitrogen and oxygen atoms in total. The Bertz CT molecular complexity index is 567. The largest absolute Gasteiger partial charge is 0.379 e. The molecule has 136 valence electrons. The zero-order valence-electron chi connectivity index (χ0n) is 15.0. The van der Waals surface area contributed by atoms with Crippen molar-refractivity contribution in [1.29, 1.82) is 0 Å². The quantitative estimate of drug-likeness (QED) is 0.853. The number of ether oxygens (including phenoxy) is 1. The van der Waals surface area contributed by atoms with E-state index in [-0.39, 0.29) is 5.91 Å². The zero-order chi connectivity index (χ0) is 17.3. The molecule has 3 rings (SSSR count). The number of carbonyl (C=O) groups is 1. The molecule has 2 aliphatic rings. The number of nitrogens with zero attached hydrogens (tertiary/aromatic N) is 2. The first-order chi connectivity index (χ1) is 12.3. The Kier molecular flexibility index (Phi) is 7.00. The second-order valence-electron chi connectivity index (χ2n) is 6.97. The van der Waals surface area contributed by atoms with Crippen molar-refractivity contribution in [3.05, 3.63) is 35.4 Å². The Morgan fingerprint density at radius 1 is 1.00 bits per heavy atom. The van der Waals surface area contributed by atoms with Crippen molar-refractivity contribution in [2.45, 2.75) is 51.5 Å². The molecule has 1 aromatic carbocycles. The summed E-state index contributed by atoms with van der Waals surface area (Å²) in [5.74, 6) is -0.118. The van der Waals surface area contributed by atoms with E-state index in [2.05, 4.69) is 15.4 Å². The van der Waals surface area contributed by atoms with Crippen LogP contribution in [0.25, 0.3) is 0 Å². The first kappa shape index (κ1) is 18.1. The number of amides is 1. The van der Waals surface area contributed by atoms with Crippen LogP contribution in [0.4, 0.5) is 0 Å². The smallest absolute Gasteiger partial charge is 0.271 e. The predicted molar refractivity (Wildman–Crippen MR) is 99.8 cm³/mol. The van der Waals surface area contributed by atoms with Crippen LogP contribution in [0.2, 0.25) is 0 Å². The van der Waals surface area contributed by atoms with Gasteiger partial charge >= 0.3 is 0 Å². The summed E-state index contributed by atoms with van der Waals surface area (Å²) in [6.45, 7) is 4.47. The van der Waals surface area contributed by atoms with Crippen molar-refractivity contribution in [1.82, 2.24) is 10.3 Å². The van der Waals surface area contributed by atoms with Gasteiger partial charge in [-0.2, -0.15) is 5.10 Å². The summed E-state index contributed by atoms with van der Waals surface area (Å²) in [6, 6.07) is 7.85. The second kappa shape index (κ2) is 9.68. The van der Waals surface area contributed by atoms with Gasteiger partial charge in [-0.15, -0.1) is 0 Å². The third-order valence-corrected chi connectivity index (χ3v) is 4.97. The minimum Gasteiger partial charge on any atom is -0.379 e. The van der Waals surface area contributed by atoms with Crippen molar-refractivity contribution in [2.75, 3.05) is 26.3 Å². The summed E-state index contributed by atoms with van der Waals surface area (Å²) in [6.07, 6.45) is 8.28. The van der Waals surface area contributed by atoms with Crippen LogP contribution in [0.5, 0.6) is 0 Å². The van der Waals surface area contributed by atoms with Gasteiger partial charge in [-0.05, 0) is 43.4 Å². The molecular formula is C20H29N3O2. The number of hydrogen-bond acceptors (Lipinski definition) is 4. The number of benzene rings is 1. The summed E-state index contributed by atoms with van der Waals surface area (Å²) < 4.78 is 5.37. The van der Waals surface area contributed by atoms with Gasteiger partial charge in [0.2, 0.25) is 0 Å². The lowest BCUT2D eigenvalue weighted by atomic mass is 9.99. The highest BCUT2D eigenvalue weighted by Crippen LogP contribution is 2.15. The van der Waals surface area contributed by atoms with Gasteiger partial charge < -0.3 is 4.74 Å². The normalized spacial score (nSPS) is 19.8. The van der Waals surface area contributed by atoms with Gasteiger partial charge in [0.25, 0.3) is 5.91 Å². The monoisotopic (exact) mass is 343 g/mol. The van der Waals surface area contributed by atoms with Gasteiger partial charge in [0, 0.05) is 30.9 Å². The summed E-state index contributed by atoms with van der Waals surface area (Å²) in [5, 5.41) is 4.37. The average Bonchev–Trinajstić information content (AvgIpc) is 2.62. The van der Waals surface area contributed by atoms with Crippen LogP contribution in [-0.2, 0) is 11.3 Å². The summed E-state index contributed by atoms with van der Waals surface area (Å²) >= 11 is 0. The van der Waals surface area contributed by atoms with Gasteiger partial charge in [-0.1, -0.05) is 31.4 Å². The molecule has 1 amide bonds. The van der Waals surface area contributed by atoms with Crippen molar-refractivity contribution < 1.29 is 9.53 Å². The molecular weight excluding hydrogens is 314 g/mol. The summed E-state index contributed by atoms with van der Waals surface area (Å²) in [7, 11) is 0. The van der Waals surface area contributed by atoms with E-state index >= 15 is 0 Å². The first-order valence-corrected chi connectivity index (χ1v) is 9.56. The average molecular weight is 343 g/mol. The van der Waals surface area contributed by atoms with Gasteiger partial charge in [0.05, 0.1) is 13.2 Å². The molecule has 1 aliphatic heterocycles. The summed E-state index contributed by atoms with van der Waals surface area (Å²) in [5.41, 5.74) is 5.77. The number of hydrazone groups is 1. The van der Waals surface area contributed by atoms with Gasteiger partial charge in [0.1, 0.15) is 0 Å². The third-order valence-electron chi connectivity index (χ3n) is 4.97. The van der Waals surface area contributed by atoms with Crippen LogP contribution in [0, 0.1) is 0 Å². The van der Waals surface area contributed by atoms with Crippen molar-refractivity contribution in [3.8, 4) is 0 Å². The lowest BCUT2D eigenvalue weighted by molar-refractivity contribution is 0.0342. The van der Waals surface area contributed by atoms with E-state index < -0.39 is 0 Å². The van der Waals surface area contributed by atoms with Gasteiger partial charge in [-0.25, -0.2) is 5.43 Å². The van der Waals surface area contributed by atoms with Crippen LogP contribution in [-0.4, -0.2) is 42.8 Å². The van der Waals surface area contributed by atoms with Crippen LogP contribution >= 0.6 is 0 Å². The highest BCUT2D eigenvalue weighted by molar-refractivity contribution is 5.95. The number of hydrogen-bond donors (Lipinski definition) is 1. The predicted octanol–water partition coefficient (Wildman–Crippen LogP) is 3.35. The Labute approximate surface area is 150 Å². The van der Waals surface area contributed by atoms with E-state index in [0.717, 1.165) is 51.4 Å². The lowest BCUT2D eigenvalue weighted by Crippen LogP contribution is -2.35. The standard InChI is InChI=1S/C20H29N3O2/c24-20(22-21-19-6-4-2-1-3-5-7-19)18-10-8-17(9-11-18)16-23-12-14-25-15-13-23/h8-11H,1-7,12-16H2,(H,22,24). The molecule has 0 aromatic heterocycles. The second-order valence-corrected chi connectivity index (χ2v) is 6.97. The molecule has 5 heteroatoms. The molecule has 1 aromatic rings. The molecule has 0 bridgehead atoms. The molecule has 0 unspecified atom stereocenters. The van der Waals surface area contributed by atoms with E-state index in [1.54, 1.807) is 0 Å². The molecule has 0 radical (unpaired) electrons. The van der Waals surface area contributed by atoms with Crippen LogP contribution in [0.15, 0.2) is 29.4 Å². The Morgan fingerprint density at radius 2 is 1.64 bits per heavy atom. The van der Waals surface area contributed by atoms with E-state index in [0.29, 0.717) is 5.56 Å². The maximum atomic E-state index is 12.3. The van der Waals surface area contributed by atoms with Crippen LogP contribution in [0.3, 0.4) is 0 Å². The molecule has 2 fully saturated rings. The Morgan fingerprint density at radius 3 is 2.32 bits per heavy atom. The fraction of sp³-hybridized carbons (Fsp3) is 0.600. The van der Waals surface area contributed by atoms with E-state index in [1.807, 2.05) is 24.3 Å². The molecule has 1 heterocycles. The minimum atomic E-state index is -0.118. The topological polar surface area (TPSA) is 53.9 Å². The van der Waals surface area contributed by atoms with E-state index in [4.69, 9.17) is 4.74 Å². The first-order valence-electron chi connectivity index (χ1n) is 9.56. The SMILES string of the molecule is O=C(NN=C1CCCCCCC1)c1ccc(CN2CCOCC2)cc1. The molecule has 1 N–H and O–H groups in total. The van der Waals surface area contributed by atoms with Crippen molar-refractivity contribution in [2.24, 2.45) is 5.10 Å². The van der Waals surface area contributed by atoms with Crippen molar-refractivity contribution in [3.63, 3.8) is 0 Å². The van der Waals surface area contributed by atoms with Gasteiger partial charge in [-0.3, -0.25) is 9.69 Å². The van der Waals surface area contributed by atoms with Crippen molar-refractivity contribution >= 4 is 11.6 Å². The third kappa shape index (κ3) is 5.94. The Balaban J connectivity index is 1.51. The maximum absolute atomic E-state index is 12.3. The molecule has 0 atom stereocenters. The van der Waals surface area contributed by atoms with Crippen LogP contribution < -0.4 is 5.43 Å². The number of morpholine rings is 1. The molecule has 0 spiro atoms. The van der Waals surface area contributed by atoms with E-state index in [9.17, 15) is 4.79 Å². The molecule has 1 aliphatic carbocycles. The minimum absolute atomic E-state index is 0.118. The molecule has 1 saturated heterocycles. The van der Waals surface area contributed by atoms with Gasteiger partial charge in [0.15, 0.2) is 0 Å². The molecule has 1 saturated carbocycles.